The Balaban J connectivity index is 4.51. The number of carbonyl (C=O) groups excluding carboxylic acids is 1. The van der Waals surface area contributed by atoms with Crippen LogP contribution in [0.1, 0.15) is 168 Å². The highest BCUT2D eigenvalue weighted by Crippen LogP contribution is 2.43. The number of amides is 1. The van der Waals surface area contributed by atoms with Crippen molar-refractivity contribution in [2.45, 2.75) is 186 Å². The van der Waals surface area contributed by atoms with E-state index in [2.05, 4.69) is 60.8 Å². The second-order valence-electron chi connectivity index (χ2n) is 16.0. The molecule has 0 aromatic rings. The van der Waals surface area contributed by atoms with E-state index < -0.39 is 20.0 Å². The quantitative estimate of drug-likeness (QED) is 0.0213. The number of aliphatic hydroxyl groups is 2. The minimum Gasteiger partial charge on any atom is -0.393 e. The molecule has 0 aromatic carbocycles. The molecule has 1 unspecified atom stereocenters. The first kappa shape index (κ1) is 52.4. The van der Waals surface area contributed by atoms with Crippen LogP contribution < -0.4 is 5.32 Å². The lowest BCUT2D eigenvalue weighted by Crippen LogP contribution is -2.46. The Morgan fingerprint density at radius 3 is 1.61 bits per heavy atom. The zero-order valence-corrected chi connectivity index (χ0v) is 36.2. The number of nitrogens with zero attached hydrogens (tertiary/aromatic N) is 1. The third kappa shape index (κ3) is 38.7. The van der Waals surface area contributed by atoms with Crippen LogP contribution in [0.5, 0.6) is 0 Å². The van der Waals surface area contributed by atoms with E-state index in [-0.39, 0.29) is 25.2 Å². The van der Waals surface area contributed by atoms with Crippen LogP contribution in [0.3, 0.4) is 0 Å². The van der Waals surface area contributed by atoms with Crippen LogP contribution in [0.2, 0.25) is 0 Å². The van der Waals surface area contributed by atoms with E-state index in [4.69, 9.17) is 9.05 Å². The fourth-order valence-electron chi connectivity index (χ4n) is 5.88. The molecule has 0 aliphatic carbocycles. The highest BCUT2D eigenvalue weighted by atomic mass is 31.2. The maximum absolute atomic E-state index is 12.8. The standard InChI is InChI=1S/C44H83N2O7P/c1-6-7-8-9-10-11-12-13-18-21-24-27-30-33-36-43(48)42(40-53-54(50,51)52-39-38-46(3,4)5)45-44(49)37-34-31-28-25-22-19-16-14-15-17-20-23-26-29-32-35-41(2)47/h15-17,19,23,25-26,28,41-43,47-48H,6-14,18,20-22,24,27,29-40H2,1-5H3,(H-,45,49,50,51)/p+1/b17-15-,19-16-,26-23-,28-25-/t41-,42-,43+/m0/s1. The molecule has 0 spiro atoms. The number of allylic oxidation sites excluding steroid dienone is 8. The molecule has 54 heavy (non-hydrogen) atoms. The number of quaternary nitrogens is 1. The monoisotopic (exact) mass is 784 g/mol. The molecule has 0 rings (SSSR count). The van der Waals surface area contributed by atoms with Crippen molar-refractivity contribution in [2.75, 3.05) is 40.9 Å². The van der Waals surface area contributed by atoms with Gasteiger partial charge in [0.15, 0.2) is 0 Å². The number of phosphoric acid groups is 1. The van der Waals surface area contributed by atoms with Gasteiger partial charge in [-0.1, -0.05) is 145 Å². The molecule has 316 valence electrons. The van der Waals surface area contributed by atoms with Gasteiger partial charge in [-0.2, -0.15) is 0 Å². The van der Waals surface area contributed by atoms with E-state index >= 15 is 0 Å². The number of hydrogen-bond donors (Lipinski definition) is 4. The molecule has 10 heteroatoms. The summed E-state index contributed by atoms with van der Waals surface area (Å²) in [5, 5.41) is 23.2. The van der Waals surface area contributed by atoms with Crippen LogP contribution in [-0.2, 0) is 18.4 Å². The summed E-state index contributed by atoms with van der Waals surface area (Å²) in [6.45, 7) is 4.37. The van der Waals surface area contributed by atoms with Gasteiger partial charge in [-0.25, -0.2) is 4.57 Å². The predicted octanol–water partition coefficient (Wildman–Crippen LogP) is 10.7. The van der Waals surface area contributed by atoms with Crippen molar-refractivity contribution in [3.05, 3.63) is 48.6 Å². The summed E-state index contributed by atoms with van der Waals surface area (Å²) < 4.78 is 23.5. The second-order valence-corrected chi connectivity index (χ2v) is 17.5. The van der Waals surface area contributed by atoms with Crippen LogP contribution in [-0.4, -0.2) is 84.6 Å². The van der Waals surface area contributed by atoms with E-state index in [1.165, 1.54) is 70.6 Å². The molecule has 0 bridgehead atoms. The van der Waals surface area contributed by atoms with Gasteiger partial charge in [0.1, 0.15) is 13.2 Å². The van der Waals surface area contributed by atoms with E-state index in [1.807, 2.05) is 28.1 Å². The number of hydrogen-bond acceptors (Lipinski definition) is 6. The highest BCUT2D eigenvalue weighted by molar-refractivity contribution is 7.47. The zero-order chi connectivity index (χ0) is 40.2. The number of likely N-dealkylation sites (N-methyl/N-ethyl adjacent to an activating group) is 1. The molecule has 0 saturated heterocycles. The molecule has 9 nitrogen and oxygen atoms in total. The molecule has 0 saturated carbocycles. The third-order valence-corrected chi connectivity index (χ3v) is 10.3. The molecular weight excluding hydrogens is 699 g/mol. The summed E-state index contributed by atoms with van der Waals surface area (Å²) in [6.07, 6.45) is 41.3. The molecule has 1 amide bonds. The van der Waals surface area contributed by atoms with Crippen molar-refractivity contribution in [2.24, 2.45) is 0 Å². The number of aliphatic hydroxyl groups excluding tert-OH is 2. The van der Waals surface area contributed by atoms with Crippen molar-refractivity contribution < 1.29 is 38.0 Å². The van der Waals surface area contributed by atoms with Crippen molar-refractivity contribution in [3.63, 3.8) is 0 Å². The molecule has 0 heterocycles. The first-order chi connectivity index (χ1) is 25.9. The largest absolute Gasteiger partial charge is 0.472 e. The Morgan fingerprint density at radius 2 is 1.13 bits per heavy atom. The minimum atomic E-state index is -4.33. The first-order valence-corrected chi connectivity index (χ1v) is 23.0. The van der Waals surface area contributed by atoms with Crippen LogP contribution in [0.15, 0.2) is 48.6 Å². The lowest BCUT2D eigenvalue weighted by Gasteiger charge is -2.26. The van der Waals surface area contributed by atoms with Gasteiger partial charge < -0.3 is 24.9 Å². The maximum Gasteiger partial charge on any atom is 0.472 e. The predicted molar refractivity (Wildman–Crippen MR) is 227 cm³/mol. The molecule has 0 aliphatic rings. The SMILES string of the molecule is CCCCCCCCCCCCCCCC[C@@H](O)[C@H](COP(=O)(O)OCC[N+](C)(C)C)NC(=O)CCC/C=C\C/C=C\C/C=C\C/C=C\CCC[C@H](C)O. The van der Waals surface area contributed by atoms with Gasteiger partial charge in [0.25, 0.3) is 0 Å². The summed E-state index contributed by atoms with van der Waals surface area (Å²) in [7, 11) is 1.55. The van der Waals surface area contributed by atoms with E-state index in [0.717, 1.165) is 64.2 Å². The molecule has 4 atom stereocenters. The van der Waals surface area contributed by atoms with Crippen molar-refractivity contribution in [1.82, 2.24) is 5.32 Å². The normalized spacial score (nSPS) is 15.5. The zero-order valence-electron chi connectivity index (χ0n) is 35.3. The van der Waals surface area contributed by atoms with Crippen LogP contribution in [0, 0.1) is 0 Å². The number of nitrogens with one attached hydrogen (secondary N) is 1. The highest BCUT2D eigenvalue weighted by Gasteiger charge is 2.28. The molecule has 0 fully saturated rings. The van der Waals surface area contributed by atoms with Gasteiger partial charge in [-0.05, 0) is 64.7 Å². The topological polar surface area (TPSA) is 125 Å². The third-order valence-electron chi connectivity index (χ3n) is 9.35. The van der Waals surface area contributed by atoms with Gasteiger partial charge in [0.05, 0.1) is 46.0 Å². The summed E-state index contributed by atoms with van der Waals surface area (Å²) in [5.41, 5.74) is 0. The second kappa shape index (κ2) is 35.8. The molecule has 0 aliphatic heterocycles. The number of rotatable bonds is 38. The van der Waals surface area contributed by atoms with Gasteiger partial charge >= 0.3 is 7.82 Å². The van der Waals surface area contributed by atoms with Gasteiger partial charge in [-0.15, -0.1) is 0 Å². The number of unbranched alkanes of at least 4 members (excludes halogenated alkanes) is 15. The number of phosphoric ester groups is 1. The molecule has 0 aromatic heterocycles. The van der Waals surface area contributed by atoms with E-state index in [1.54, 1.807) is 0 Å². The van der Waals surface area contributed by atoms with Gasteiger partial charge in [0, 0.05) is 6.42 Å². The lowest BCUT2D eigenvalue weighted by atomic mass is 10.0. The van der Waals surface area contributed by atoms with E-state index in [0.29, 0.717) is 30.3 Å². The Kier molecular flexibility index (Phi) is 34.8. The fraction of sp³-hybridized carbons (Fsp3) is 0.795. The fourth-order valence-corrected chi connectivity index (χ4v) is 6.62. The Bertz CT molecular complexity index is 1040. The number of carbonyl (C=O) groups is 1. The molecule has 4 N–H and O–H groups in total. The summed E-state index contributed by atoms with van der Waals surface area (Å²) >= 11 is 0. The summed E-state index contributed by atoms with van der Waals surface area (Å²) in [4.78, 5) is 23.1. The Hall–Kier alpha value is -1.58. The van der Waals surface area contributed by atoms with Gasteiger partial charge in [-0.3, -0.25) is 13.8 Å². The van der Waals surface area contributed by atoms with Crippen molar-refractivity contribution >= 4 is 13.7 Å². The van der Waals surface area contributed by atoms with Crippen molar-refractivity contribution in [1.29, 1.82) is 0 Å². The summed E-state index contributed by atoms with van der Waals surface area (Å²) in [6, 6.07) is -0.798. The maximum atomic E-state index is 12.8. The Labute approximate surface area is 332 Å². The molecule has 0 radical (unpaired) electrons. The first-order valence-electron chi connectivity index (χ1n) is 21.5. The van der Waals surface area contributed by atoms with Crippen LogP contribution in [0.4, 0.5) is 0 Å². The van der Waals surface area contributed by atoms with Gasteiger partial charge in [0.2, 0.25) is 5.91 Å². The summed E-state index contributed by atoms with van der Waals surface area (Å²) in [5.74, 6) is -0.211. The average Bonchev–Trinajstić information content (AvgIpc) is 3.10. The smallest absolute Gasteiger partial charge is 0.393 e. The van der Waals surface area contributed by atoms with Crippen LogP contribution >= 0.6 is 7.82 Å². The minimum absolute atomic E-state index is 0.0570. The average molecular weight is 784 g/mol. The lowest BCUT2D eigenvalue weighted by molar-refractivity contribution is -0.870. The van der Waals surface area contributed by atoms with Crippen LogP contribution in [0.25, 0.3) is 0 Å². The Morgan fingerprint density at radius 1 is 0.667 bits per heavy atom. The van der Waals surface area contributed by atoms with E-state index in [9.17, 15) is 24.5 Å². The van der Waals surface area contributed by atoms with Crippen molar-refractivity contribution in [3.8, 4) is 0 Å². The molecular formula is C44H84N2O7P+.